The molecule has 2 atom stereocenters. The molecule has 0 spiro atoms. The van der Waals surface area contributed by atoms with Gasteiger partial charge in [-0.25, -0.2) is 0 Å². The molecule has 0 aromatic rings. The Morgan fingerprint density at radius 2 is 1.12 bits per heavy atom. The van der Waals surface area contributed by atoms with Gasteiger partial charge in [-0.15, -0.1) is 0 Å². The molecule has 148 valence electrons. The first-order valence-electron chi connectivity index (χ1n) is 7.01. The number of aliphatic carboxylic acids is 2. The zero-order valence-corrected chi connectivity index (χ0v) is 14.4. The molecule has 24 heavy (non-hydrogen) atoms. The van der Waals surface area contributed by atoms with E-state index in [2.05, 4.69) is 0 Å². The predicted molar refractivity (Wildman–Crippen MR) is 93.2 cm³/mol. The molecule has 0 aromatic carbocycles. The van der Waals surface area contributed by atoms with Gasteiger partial charge < -0.3 is 34.2 Å². The van der Waals surface area contributed by atoms with Crippen molar-refractivity contribution in [1.29, 1.82) is 0 Å². The fraction of sp³-hybridized carbons (Fsp3) is 0.875. The SMILES string of the molecule is C.C.C[N+](C)(C)C[C@H](O)CC(=O)O.C[N+](C)(C)C[C@H](O)CC(=O)[O-]. The molecule has 3 N–H and O–H groups in total. The van der Waals surface area contributed by atoms with Crippen LogP contribution in [0.3, 0.4) is 0 Å². The molecule has 0 heterocycles. The number of aliphatic hydroxyl groups excluding tert-OH is 2. The monoisotopic (exact) mass is 355 g/mol. The Morgan fingerprint density at radius 1 is 0.833 bits per heavy atom. The van der Waals surface area contributed by atoms with Crippen LogP contribution < -0.4 is 5.11 Å². The summed E-state index contributed by atoms with van der Waals surface area (Å²) in [4.78, 5) is 20.1. The van der Waals surface area contributed by atoms with Crippen LogP contribution in [0, 0.1) is 0 Å². The highest BCUT2D eigenvalue weighted by Gasteiger charge is 2.17. The maximum Gasteiger partial charge on any atom is 0.306 e. The number of carboxylic acids is 2. The van der Waals surface area contributed by atoms with Gasteiger partial charge in [0, 0.05) is 12.4 Å². The first kappa shape index (κ1) is 30.6. The highest BCUT2D eigenvalue weighted by atomic mass is 16.4. The van der Waals surface area contributed by atoms with Crippen LogP contribution in [0.5, 0.6) is 0 Å². The molecule has 0 bridgehead atoms. The van der Waals surface area contributed by atoms with Gasteiger partial charge in [0.05, 0.1) is 48.7 Å². The van der Waals surface area contributed by atoms with Crippen LogP contribution in [-0.2, 0) is 9.59 Å². The van der Waals surface area contributed by atoms with Crippen LogP contribution >= 0.6 is 0 Å². The molecule has 0 rings (SSSR count). The van der Waals surface area contributed by atoms with E-state index < -0.39 is 24.1 Å². The summed E-state index contributed by atoms with van der Waals surface area (Å²) in [6.07, 6.45) is -2.00. The Morgan fingerprint density at radius 3 is 1.33 bits per heavy atom. The molecule has 0 aliphatic rings. The van der Waals surface area contributed by atoms with E-state index in [1.807, 2.05) is 42.3 Å². The van der Waals surface area contributed by atoms with Crippen molar-refractivity contribution in [2.45, 2.75) is 39.9 Å². The van der Waals surface area contributed by atoms with Gasteiger partial charge in [-0.2, -0.15) is 0 Å². The highest BCUT2D eigenvalue weighted by Crippen LogP contribution is 1.99. The van der Waals surface area contributed by atoms with E-state index in [1.54, 1.807) is 0 Å². The number of carboxylic acid groups (broad SMARTS) is 2. The smallest absolute Gasteiger partial charge is 0.306 e. The first-order chi connectivity index (χ1) is 9.62. The standard InChI is InChI=1S/2C7H15NO3.2CH4/c2*1-8(2,3)5-6(9)4-7(10)11;;/h2*6,9H,4-5H2,1-3H3;2*1H4/p+1/t2*6-;;/m11../s1. The number of nitrogens with zero attached hydrogens (tertiary/aromatic N) is 2. The second kappa shape index (κ2) is 13.1. The van der Waals surface area contributed by atoms with E-state index in [0.29, 0.717) is 22.1 Å². The Hall–Kier alpha value is -1.22. The van der Waals surface area contributed by atoms with Crippen molar-refractivity contribution in [1.82, 2.24) is 0 Å². The van der Waals surface area contributed by atoms with Crippen molar-refractivity contribution in [3.63, 3.8) is 0 Å². The summed E-state index contributed by atoms with van der Waals surface area (Å²) >= 11 is 0. The van der Waals surface area contributed by atoms with Crippen LogP contribution in [0.2, 0.25) is 0 Å². The highest BCUT2D eigenvalue weighted by molar-refractivity contribution is 5.67. The molecule has 8 heteroatoms. The molecule has 0 aliphatic heterocycles. The third kappa shape index (κ3) is 28.9. The second-order valence-electron chi connectivity index (χ2n) is 7.43. The lowest BCUT2D eigenvalue weighted by Gasteiger charge is -2.26. The number of carbonyl (C=O) groups is 2. The van der Waals surface area contributed by atoms with E-state index in [9.17, 15) is 14.7 Å². The number of hydrogen-bond donors (Lipinski definition) is 3. The molecule has 0 aromatic heterocycles. The molecule has 0 saturated heterocycles. The number of rotatable bonds is 8. The van der Waals surface area contributed by atoms with Crippen molar-refractivity contribution >= 4 is 11.9 Å². The van der Waals surface area contributed by atoms with Crippen molar-refractivity contribution in [2.24, 2.45) is 0 Å². The lowest BCUT2D eigenvalue weighted by molar-refractivity contribution is -0.873. The normalized spacial score (nSPS) is 13.3. The number of likely N-dealkylation sites (N-methyl/N-ethyl adjacent to an activating group) is 2. The molecule has 0 fully saturated rings. The van der Waals surface area contributed by atoms with Crippen LogP contribution in [0.4, 0.5) is 0 Å². The topological polar surface area (TPSA) is 118 Å². The Balaban J connectivity index is -0.000000154. The van der Waals surface area contributed by atoms with Gasteiger partial charge in [0.1, 0.15) is 25.3 Å². The summed E-state index contributed by atoms with van der Waals surface area (Å²) in [6, 6.07) is 0. The summed E-state index contributed by atoms with van der Waals surface area (Å²) in [5.41, 5.74) is 0. The minimum absolute atomic E-state index is 0. The molecular formula is C16H39N2O6+. The van der Waals surface area contributed by atoms with E-state index >= 15 is 0 Å². The lowest BCUT2D eigenvalue weighted by Crippen LogP contribution is -2.43. The first-order valence-corrected chi connectivity index (χ1v) is 7.01. The van der Waals surface area contributed by atoms with Gasteiger partial charge in [0.25, 0.3) is 0 Å². The van der Waals surface area contributed by atoms with Gasteiger partial charge in [-0.3, -0.25) is 4.79 Å². The summed E-state index contributed by atoms with van der Waals surface area (Å²) in [5, 5.41) is 36.6. The van der Waals surface area contributed by atoms with E-state index in [1.165, 1.54) is 0 Å². The second-order valence-corrected chi connectivity index (χ2v) is 7.43. The summed E-state index contributed by atoms with van der Waals surface area (Å²) in [6.45, 7) is 0.889. The van der Waals surface area contributed by atoms with Crippen LogP contribution in [0.15, 0.2) is 0 Å². The largest absolute Gasteiger partial charge is 0.550 e. The molecule has 0 unspecified atom stereocenters. The Bertz CT molecular complexity index is 313. The number of carbonyl (C=O) groups excluding carboxylic acids is 1. The number of hydrogen-bond acceptors (Lipinski definition) is 5. The minimum Gasteiger partial charge on any atom is -0.550 e. The number of quaternary nitrogens is 2. The molecular weight excluding hydrogens is 316 g/mol. The number of aliphatic hydroxyl groups is 2. The zero-order valence-electron chi connectivity index (χ0n) is 14.4. The van der Waals surface area contributed by atoms with Gasteiger partial charge in [0.2, 0.25) is 0 Å². The van der Waals surface area contributed by atoms with E-state index in [4.69, 9.17) is 15.3 Å². The van der Waals surface area contributed by atoms with Crippen molar-refractivity contribution < 1.29 is 39.0 Å². The lowest BCUT2D eigenvalue weighted by atomic mass is 10.2. The molecule has 8 nitrogen and oxygen atoms in total. The zero-order chi connectivity index (χ0) is 18.1. The fourth-order valence-corrected chi connectivity index (χ4v) is 1.79. The van der Waals surface area contributed by atoms with E-state index in [0.717, 1.165) is 0 Å². The van der Waals surface area contributed by atoms with Crippen molar-refractivity contribution in [3.05, 3.63) is 0 Å². The van der Waals surface area contributed by atoms with Crippen LogP contribution in [0.25, 0.3) is 0 Å². The molecule has 0 saturated carbocycles. The predicted octanol–water partition coefficient (Wildman–Crippen LogP) is -1.01. The van der Waals surface area contributed by atoms with Crippen LogP contribution in [0.1, 0.15) is 27.7 Å². The molecule has 0 aliphatic carbocycles. The van der Waals surface area contributed by atoms with Gasteiger partial charge in [0.15, 0.2) is 0 Å². The van der Waals surface area contributed by atoms with Crippen molar-refractivity contribution in [2.75, 3.05) is 55.4 Å². The fourth-order valence-electron chi connectivity index (χ4n) is 1.79. The van der Waals surface area contributed by atoms with Gasteiger partial charge >= 0.3 is 5.97 Å². The minimum atomic E-state index is -1.20. The maximum atomic E-state index is 10.1. The van der Waals surface area contributed by atoms with Crippen molar-refractivity contribution in [3.8, 4) is 0 Å². The summed E-state index contributed by atoms with van der Waals surface area (Å²) < 4.78 is 1.13. The average Bonchev–Trinajstić information content (AvgIpc) is 2.07. The maximum absolute atomic E-state index is 10.1. The van der Waals surface area contributed by atoms with Crippen LogP contribution in [-0.4, -0.2) is 104 Å². The molecule has 0 amide bonds. The quantitative estimate of drug-likeness (QED) is 0.480. The molecule has 0 radical (unpaired) electrons. The van der Waals surface area contributed by atoms with E-state index in [-0.39, 0.29) is 27.7 Å². The van der Waals surface area contributed by atoms with Gasteiger partial charge in [-0.1, -0.05) is 14.9 Å². The average molecular weight is 355 g/mol. The Kier molecular flexibility index (Phi) is 16.7. The summed E-state index contributed by atoms with van der Waals surface area (Å²) in [5.74, 6) is -2.16. The summed E-state index contributed by atoms with van der Waals surface area (Å²) in [7, 11) is 11.4. The third-order valence-electron chi connectivity index (χ3n) is 2.33. The third-order valence-corrected chi connectivity index (χ3v) is 2.33. The van der Waals surface area contributed by atoms with Gasteiger partial charge in [-0.05, 0) is 0 Å². The Labute approximate surface area is 147 Å².